The van der Waals surface area contributed by atoms with Gasteiger partial charge in [0.2, 0.25) is 5.91 Å². The number of hydrogen-bond donors (Lipinski definition) is 4. The average Bonchev–Trinajstić information content (AvgIpc) is 3.28. The zero-order valence-corrected chi connectivity index (χ0v) is 18.9. The molecule has 2 atom stereocenters. The first-order valence-corrected chi connectivity index (χ1v) is 11.2. The maximum Gasteiger partial charge on any atom is 0.426 e. The molecule has 1 saturated heterocycles. The van der Waals surface area contributed by atoms with Crippen LogP contribution in [0, 0.1) is 0 Å². The van der Waals surface area contributed by atoms with E-state index in [0.717, 1.165) is 10.6 Å². The number of carbonyl (C=O) groups excluding carboxylic acids is 3. The summed E-state index contributed by atoms with van der Waals surface area (Å²) in [5.74, 6) is -1.000. The average molecular weight is 464 g/mol. The van der Waals surface area contributed by atoms with Crippen LogP contribution in [-0.2, 0) is 20.7 Å². The Morgan fingerprint density at radius 2 is 1.97 bits per heavy atom. The Kier molecular flexibility index (Phi) is 10.4. The molecule has 1 aromatic rings. The minimum Gasteiger partial charge on any atom is -0.464 e. The van der Waals surface area contributed by atoms with E-state index in [1.54, 1.807) is 6.92 Å². The van der Waals surface area contributed by atoms with Gasteiger partial charge in [0.05, 0.1) is 6.61 Å². The molecule has 1 aromatic carbocycles. The lowest BCUT2D eigenvalue weighted by Crippen LogP contribution is -2.57. The van der Waals surface area contributed by atoms with E-state index in [4.69, 9.17) is 10.5 Å². The molecule has 1 fully saturated rings. The van der Waals surface area contributed by atoms with Crippen molar-refractivity contribution in [2.45, 2.75) is 51.1 Å². The van der Waals surface area contributed by atoms with E-state index < -0.39 is 36.1 Å². The van der Waals surface area contributed by atoms with Crippen LogP contribution in [0.3, 0.4) is 0 Å². The molecule has 0 unspecified atom stereocenters. The number of hydrazine groups is 1. The van der Waals surface area contributed by atoms with Crippen molar-refractivity contribution in [1.29, 1.82) is 0 Å². The lowest BCUT2D eigenvalue weighted by atomic mass is 10.0. The van der Waals surface area contributed by atoms with Gasteiger partial charge >= 0.3 is 12.2 Å². The third kappa shape index (κ3) is 7.94. The van der Waals surface area contributed by atoms with Crippen LogP contribution in [0.5, 0.6) is 0 Å². The minimum atomic E-state index is -1.29. The number of benzene rings is 1. The molecule has 5 N–H and O–H groups in total. The molecule has 33 heavy (non-hydrogen) atoms. The van der Waals surface area contributed by atoms with Gasteiger partial charge in [0, 0.05) is 19.5 Å². The zero-order chi connectivity index (χ0) is 24.2. The number of nitrogens with zero attached hydrogens (tertiary/aromatic N) is 2. The first-order valence-electron chi connectivity index (χ1n) is 11.2. The van der Waals surface area contributed by atoms with E-state index in [1.165, 1.54) is 4.90 Å². The van der Waals surface area contributed by atoms with Crippen LogP contribution in [0.15, 0.2) is 30.3 Å². The summed E-state index contributed by atoms with van der Waals surface area (Å²) in [5.41, 5.74) is 8.68. The van der Waals surface area contributed by atoms with Crippen molar-refractivity contribution in [2.75, 3.05) is 26.2 Å². The molecule has 1 heterocycles. The Labute approximate surface area is 193 Å². The highest BCUT2D eigenvalue weighted by atomic mass is 16.5. The summed E-state index contributed by atoms with van der Waals surface area (Å²) in [6.07, 6.45) is 0.315. The van der Waals surface area contributed by atoms with E-state index in [9.17, 15) is 24.3 Å². The molecule has 1 aliphatic rings. The summed E-state index contributed by atoms with van der Waals surface area (Å²) in [6.45, 7) is 2.66. The molecule has 0 bridgehead atoms. The Hall–Kier alpha value is -3.34. The highest BCUT2D eigenvalue weighted by molar-refractivity contribution is 5.92. The fourth-order valence-corrected chi connectivity index (χ4v) is 3.69. The van der Waals surface area contributed by atoms with Crippen LogP contribution in [0.25, 0.3) is 0 Å². The zero-order valence-electron chi connectivity index (χ0n) is 18.9. The SMILES string of the molecule is CCOC(=O)N[C@@H](Cc1ccccc1)C(=O)N1CCC[C@H]1C(=O)NN(CCCCN)C(=O)O. The highest BCUT2D eigenvalue weighted by Gasteiger charge is 2.38. The van der Waals surface area contributed by atoms with Gasteiger partial charge in [-0.15, -0.1) is 0 Å². The van der Waals surface area contributed by atoms with Gasteiger partial charge in [-0.3, -0.25) is 15.0 Å². The maximum atomic E-state index is 13.4. The number of unbranched alkanes of at least 4 members (excludes halogenated alkanes) is 1. The van der Waals surface area contributed by atoms with E-state index in [1.807, 2.05) is 30.3 Å². The van der Waals surface area contributed by atoms with E-state index in [2.05, 4.69) is 10.7 Å². The molecule has 11 nitrogen and oxygen atoms in total. The van der Waals surface area contributed by atoms with Gasteiger partial charge < -0.3 is 25.8 Å². The fourth-order valence-electron chi connectivity index (χ4n) is 3.69. The molecule has 0 saturated carbocycles. The van der Waals surface area contributed by atoms with Crippen LogP contribution < -0.4 is 16.5 Å². The smallest absolute Gasteiger partial charge is 0.426 e. The minimum absolute atomic E-state index is 0.0972. The van der Waals surface area contributed by atoms with Crippen molar-refractivity contribution >= 4 is 24.0 Å². The standard InChI is InChI=1S/C22H33N5O6/c1-2-33-21(30)24-17(15-16-9-4-3-5-10-16)20(29)26-13-8-11-18(26)19(28)25-27(22(31)32)14-7-6-12-23/h3-5,9-10,17-18H,2,6-8,11-15,23H2,1H3,(H,24,30)(H,25,28)(H,31,32)/t17-,18-/m0/s1. The van der Waals surface area contributed by atoms with Crippen molar-refractivity contribution in [3.05, 3.63) is 35.9 Å². The number of ether oxygens (including phenoxy) is 1. The third-order valence-electron chi connectivity index (χ3n) is 5.30. The van der Waals surface area contributed by atoms with Gasteiger partial charge in [-0.1, -0.05) is 30.3 Å². The van der Waals surface area contributed by atoms with Crippen LogP contribution in [0.1, 0.15) is 38.2 Å². The van der Waals surface area contributed by atoms with E-state index >= 15 is 0 Å². The second kappa shape index (κ2) is 13.3. The molecule has 182 valence electrons. The summed E-state index contributed by atoms with van der Waals surface area (Å²) in [7, 11) is 0. The lowest BCUT2D eigenvalue weighted by molar-refractivity contribution is -0.141. The molecule has 11 heteroatoms. The summed E-state index contributed by atoms with van der Waals surface area (Å²) < 4.78 is 4.94. The van der Waals surface area contributed by atoms with Crippen molar-refractivity contribution in [2.24, 2.45) is 5.73 Å². The van der Waals surface area contributed by atoms with Crippen molar-refractivity contribution < 1.29 is 29.0 Å². The van der Waals surface area contributed by atoms with Crippen molar-refractivity contribution in [3.8, 4) is 0 Å². The largest absolute Gasteiger partial charge is 0.464 e. The molecule has 0 aliphatic carbocycles. The highest BCUT2D eigenvalue weighted by Crippen LogP contribution is 2.20. The van der Waals surface area contributed by atoms with Crippen molar-refractivity contribution in [1.82, 2.24) is 20.7 Å². The fraction of sp³-hybridized carbons (Fsp3) is 0.545. The molecule has 0 aromatic heterocycles. The molecule has 2 rings (SSSR count). The van der Waals surface area contributed by atoms with Crippen LogP contribution >= 0.6 is 0 Å². The van der Waals surface area contributed by atoms with Crippen LogP contribution in [0.4, 0.5) is 9.59 Å². The third-order valence-corrected chi connectivity index (χ3v) is 5.30. The molecule has 0 spiro atoms. The summed E-state index contributed by atoms with van der Waals surface area (Å²) >= 11 is 0. The second-order valence-electron chi connectivity index (χ2n) is 7.70. The Morgan fingerprint density at radius 1 is 1.24 bits per heavy atom. The number of likely N-dealkylation sites (tertiary alicyclic amines) is 1. The number of nitrogens with one attached hydrogen (secondary N) is 2. The topological polar surface area (TPSA) is 154 Å². The predicted octanol–water partition coefficient (Wildman–Crippen LogP) is 1.08. The molecule has 1 aliphatic heterocycles. The van der Waals surface area contributed by atoms with Crippen molar-refractivity contribution in [3.63, 3.8) is 0 Å². The first-order chi connectivity index (χ1) is 15.9. The Bertz CT molecular complexity index is 806. The summed E-state index contributed by atoms with van der Waals surface area (Å²) in [5, 5.41) is 12.8. The number of carbonyl (C=O) groups is 4. The number of hydrogen-bond acceptors (Lipinski definition) is 6. The van der Waals surface area contributed by atoms with Gasteiger partial charge in [0.15, 0.2) is 0 Å². The first kappa shape index (κ1) is 25.9. The predicted molar refractivity (Wildman–Crippen MR) is 120 cm³/mol. The number of nitrogens with two attached hydrogens (primary N) is 1. The monoisotopic (exact) mass is 463 g/mol. The Morgan fingerprint density at radius 3 is 2.61 bits per heavy atom. The maximum absolute atomic E-state index is 13.4. The van der Waals surface area contributed by atoms with Gasteiger partial charge in [0.1, 0.15) is 12.1 Å². The number of alkyl carbamates (subject to hydrolysis) is 1. The van der Waals surface area contributed by atoms with Gasteiger partial charge in [0.25, 0.3) is 5.91 Å². The molecule has 0 radical (unpaired) electrons. The quantitative estimate of drug-likeness (QED) is 0.299. The van der Waals surface area contributed by atoms with E-state index in [-0.39, 0.29) is 19.6 Å². The normalized spacial score (nSPS) is 16.1. The van der Waals surface area contributed by atoms with Gasteiger partial charge in [-0.05, 0) is 44.7 Å². The van der Waals surface area contributed by atoms with Gasteiger partial charge in [-0.2, -0.15) is 0 Å². The number of rotatable bonds is 10. The summed E-state index contributed by atoms with van der Waals surface area (Å²) in [6, 6.07) is 7.43. The number of carboxylic acid groups (broad SMARTS) is 1. The molecular weight excluding hydrogens is 430 g/mol. The van der Waals surface area contributed by atoms with Gasteiger partial charge in [-0.25, -0.2) is 14.6 Å². The van der Waals surface area contributed by atoms with Crippen LogP contribution in [0.2, 0.25) is 0 Å². The Balaban J connectivity index is 2.12. The van der Waals surface area contributed by atoms with E-state index in [0.29, 0.717) is 38.8 Å². The summed E-state index contributed by atoms with van der Waals surface area (Å²) in [4.78, 5) is 51.2. The molecule has 4 amide bonds. The number of amides is 4. The lowest BCUT2D eigenvalue weighted by Gasteiger charge is -2.30. The van der Waals surface area contributed by atoms with Crippen LogP contribution in [-0.4, -0.2) is 77.3 Å². The second-order valence-corrected chi connectivity index (χ2v) is 7.70. The molecular formula is C22H33N5O6.